The van der Waals surface area contributed by atoms with Gasteiger partial charge in [-0.2, -0.15) is 0 Å². The standard InChI is InChI=1S/C12H11ClFNO3S2/c13-10-8-9(14)3-4-11(10)18-6-5-15-20(16,17)12-2-1-7-19-12/h1-4,7-8,15H,5-6H2. The summed E-state index contributed by atoms with van der Waals surface area (Å²) in [6, 6.07) is 6.92. The zero-order valence-corrected chi connectivity index (χ0v) is 12.6. The minimum Gasteiger partial charge on any atom is -0.491 e. The third kappa shape index (κ3) is 3.92. The average molecular weight is 336 g/mol. The molecule has 1 heterocycles. The van der Waals surface area contributed by atoms with Crippen LogP contribution in [0.3, 0.4) is 0 Å². The molecule has 0 bridgehead atoms. The number of thiophene rings is 1. The van der Waals surface area contributed by atoms with E-state index in [0.717, 1.165) is 17.4 Å². The van der Waals surface area contributed by atoms with Gasteiger partial charge in [-0.05, 0) is 29.6 Å². The van der Waals surface area contributed by atoms with Crippen LogP contribution in [0.1, 0.15) is 0 Å². The van der Waals surface area contributed by atoms with Crippen molar-refractivity contribution in [1.29, 1.82) is 0 Å². The number of hydrogen-bond donors (Lipinski definition) is 1. The second kappa shape index (κ2) is 6.53. The Morgan fingerprint density at radius 1 is 1.35 bits per heavy atom. The number of halogens is 2. The lowest BCUT2D eigenvalue weighted by Crippen LogP contribution is -2.27. The lowest BCUT2D eigenvalue weighted by Gasteiger charge is -2.08. The van der Waals surface area contributed by atoms with Crippen molar-refractivity contribution in [3.05, 3.63) is 46.6 Å². The fraction of sp³-hybridized carbons (Fsp3) is 0.167. The minimum atomic E-state index is -3.49. The number of hydrogen-bond acceptors (Lipinski definition) is 4. The Hall–Kier alpha value is -1.15. The van der Waals surface area contributed by atoms with Gasteiger partial charge in [-0.15, -0.1) is 11.3 Å². The van der Waals surface area contributed by atoms with Crippen molar-refractivity contribution < 1.29 is 17.5 Å². The molecule has 1 aromatic carbocycles. The summed E-state index contributed by atoms with van der Waals surface area (Å²) < 4.78 is 44.3. The van der Waals surface area contributed by atoms with E-state index in [1.54, 1.807) is 11.4 Å². The van der Waals surface area contributed by atoms with Crippen molar-refractivity contribution in [1.82, 2.24) is 4.72 Å². The summed E-state index contributed by atoms with van der Waals surface area (Å²) in [7, 11) is -3.49. The van der Waals surface area contributed by atoms with Crippen LogP contribution in [0.5, 0.6) is 5.75 Å². The Kier molecular flexibility index (Phi) is 4.98. The molecule has 0 saturated carbocycles. The normalized spacial score (nSPS) is 11.5. The Morgan fingerprint density at radius 3 is 2.80 bits per heavy atom. The highest BCUT2D eigenvalue weighted by atomic mass is 35.5. The van der Waals surface area contributed by atoms with E-state index in [9.17, 15) is 12.8 Å². The van der Waals surface area contributed by atoms with Gasteiger partial charge in [0.05, 0.1) is 5.02 Å². The first-order valence-corrected chi connectivity index (χ1v) is 8.34. The van der Waals surface area contributed by atoms with Crippen molar-refractivity contribution in [3.63, 3.8) is 0 Å². The molecule has 0 spiro atoms. The maximum atomic E-state index is 12.8. The van der Waals surface area contributed by atoms with E-state index < -0.39 is 15.8 Å². The van der Waals surface area contributed by atoms with Crippen LogP contribution in [0.4, 0.5) is 4.39 Å². The zero-order chi connectivity index (χ0) is 14.6. The summed E-state index contributed by atoms with van der Waals surface area (Å²) in [6.45, 7) is 0.184. The molecule has 8 heteroatoms. The molecule has 0 atom stereocenters. The van der Waals surface area contributed by atoms with Gasteiger partial charge in [0.1, 0.15) is 22.4 Å². The van der Waals surface area contributed by atoms with Crippen LogP contribution in [-0.4, -0.2) is 21.6 Å². The first-order valence-electron chi connectivity index (χ1n) is 5.60. The lowest BCUT2D eigenvalue weighted by molar-refractivity contribution is 0.322. The van der Waals surface area contributed by atoms with E-state index in [4.69, 9.17) is 16.3 Å². The molecule has 108 valence electrons. The van der Waals surface area contributed by atoms with Crippen LogP contribution in [-0.2, 0) is 10.0 Å². The molecule has 20 heavy (non-hydrogen) atoms. The maximum Gasteiger partial charge on any atom is 0.250 e. The van der Waals surface area contributed by atoms with Crippen LogP contribution in [0.2, 0.25) is 5.02 Å². The van der Waals surface area contributed by atoms with Gasteiger partial charge in [-0.1, -0.05) is 17.7 Å². The third-order valence-electron chi connectivity index (χ3n) is 2.31. The summed E-state index contributed by atoms with van der Waals surface area (Å²) in [4.78, 5) is 0. The first-order chi connectivity index (χ1) is 9.49. The highest BCUT2D eigenvalue weighted by Gasteiger charge is 2.14. The summed E-state index contributed by atoms with van der Waals surface area (Å²) in [5.41, 5.74) is 0. The summed E-state index contributed by atoms with van der Waals surface area (Å²) in [5.74, 6) is -0.149. The minimum absolute atomic E-state index is 0.0912. The summed E-state index contributed by atoms with van der Waals surface area (Å²) >= 11 is 6.91. The average Bonchev–Trinajstić information content (AvgIpc) is 2.91. The number of rotatable bonds is 6. The van der Waals surface area contributed by atoms with Crippen LogP contribution in [0.25, 0.3) is 0 Å². The summed E-state index contributed by atoms with van der Waals surface area (Å²) in [6.07, 6.45) is 0. The quantitative estimate of drug-likeness (QED) is 0.826. The molecule has 0 aliphatic rings. The lowest BCUT2D eigenvalue weighted by atomic mass is 10.3. The molecule has 1 aromatic heterocycles. The SMILES string of the molecule is O=S(=O)(NCCOc1ccc(F)cc1Cl)c1cccs1. The largest absolute Gasteiger partial charge is 0.491 e. The Bertz CT molecular complexity index is 674. The molecule has 2 aromatic rings. The van der Waals surface area contributed by atoms with Crippen LogP contribution < -0.4 is 9.46 Å². The predicted octanol–water partition coefficient (Wildman–Crippen LogP) is 2.90. The van der Waals surface area contributed by atoms with Crippen molar-refractivity contribution in [3.8, 4) is 5.75 Å². The zero-order valence-electron chi connectivity index (χ0n) is 10.2. The molecular formula is C12H11ClFNO3S2. The molecule has 4 nitrogen and oxygen atoms in total. The Morgan fingerprint density at radius 2 is 2.15 bits per heavy atom. The van der Waals surface area contributed by atoms with Gasteiger partial charge >= 0.3 is 0 Å². The van der Waals surface area contributed by atoms with Gasteiger partial charge < -0.3 is 4.74 Å². The maximum absolute atomic E-state index is 12.8. The molecule has 0 aliphatic carbocycles. The van der Waals surface area contributed by atoms with E-state index in [-0.39, 0.29) is 22.4 Å². The molecule has 0 unspecified atom stereocenters. The van der Waals surface area contributed by atoms with Gasteiger partial charge in [0.15, 0.2) is 0 Å². The van der Waals surface area contributed by atoms with Gasteiger partial charge in [0.2, 0.25) is 10.0 Å². The van der Waals surface area contributed by atoms with Gasteiger partial charge in [-0.25, -0.2) is 17.5 Å². The molecule has 2 rings (SSSR count). The molecular weight excluding hydrogens is 325 g/mol. The van der Waals surface area contributed by atoms with Crippen molar-refractivity contribution >= 4 is 33.0 Å². The number of nitrogens with one attached hydrogen (secondary N) is 1. The van der Waals surface area contributed by atoms with Crippen LogP contribution in [0.15, 0.2) is 39.9 Å². The van der Waals surface area contributed by atoms with E-state index in [2.05, 4.69) is 4.72 Å². The molecule has 0 aliphatic heterocycles. The molecule has 0 saturated heterocycles. The fourth-order valence-electron chi connectivity index (χ4n) is 1.42. The fourth-order valence-corrected chi connectivity index (χ4v) is 3.69. The van der Waals surface area contributed by atoms with E-state index in [1.165, 1.54) is 18.2 Å². The second-order valence-corrected chi connectivity index (χ2v) is 7.10. The van der Waals surface area contributed by atoms with E-state index in [1.807, 2.05) is 0 Å². The van der Waals surface area contributed by atoms with Gasteiger partial charge in [-0.3, -0.25) is 0 Å². The molecule has 0 amide bonds. The Balaban J connectivity index is 1.85. The van der Waals surface area contributed by atoms with Crippen LogP contribution in [0, 0.1) is 5.82 Å². The highest BCUT2D eigenvalue weighted by molar-refractivity contribution is 7.91. The molecule has 1 N–H and O–H groups in total. The van der Waals surface area contributed by atoms with E-state index in [0.29, 0.717) is 5.75 Å². The predicted molar refractivity (Wildman–Crippen MR) is 76.4 cm³/mol. The second-order valence-electron chi connectivity index (χ2n) is 3.75. The van der Waals surface area contributed by atoms with E-state index >= 15 is 0 Å². The van der Waals surface area contributed by atoms with Crippen molar-refractivity contribution in [2.75, 3.05) is 13.2 Å². The first kappa shape index (κ1) is 15.2. The summed E-state index contributed by atoms with van der Waals surface area (Å²) in [5, 5.41) is 1.83. The Labute approximate surface area is 125 Å². The monoisotopic (exact) mass is 335 g/mol. The number of benzene rings is 1. The van der Waals surface area contributed by atoms with Crippen LogP contribution >= 0.6 is 22.9 Å². The highest BCUT2D eigenvalue weighted by Crippen LogP contribution is 2.24. The number of ether oxygens (including phenoxy) is 1. The topological polar surface area (TPSA) is 55.4 Å². The van der Waals surface area contributed by atoms with Crippen molar-refractivity contribution in [2.45, 2.75) is 4.21 Å². The van der Waals surface area contributed by atoms with Gasteiger partial charge in [0.25, 0.3) is 0 Å². The smallest absolute Gasteiger partial charge is 0.250 e. The van der Waals surface area contributed by atoms with Gasteiger partial charge in [0, 0.05) is 6.54 Å². The third-order valence-corrected chi connectivity index (χ3v) is 5.46. The molecule has 0 radical (unpaired) electrons. The molecule has 0 fully saturated rings. The number of sulfonamides is 1. The van der Waals surface area contributed by atoms with Crippen molar-refractivity contribution in [2.24, 2.45) is 0 Å².